The van der Waals surface area contributed by atoms with Gasteiger partial charge in [0.05, 0.1) is 16.3 Å². The second kappa shape index (κ2) is 7.48. The van der Waals surface area contributed by atoms with Crippen LogP contribution in [0.4, 0.5) is 0 Å². The normalized spacial score (nSPS) is 15.2. The standard InChI is InChI=1S/C22H23N3O3S/c1-15(12-13-16-8-4-3-5-9-16)23-22(26)20-18-14-29(27,28)19-11-7-6-10-17(19)21(18)25(2)24-20/h3-11,15H,12-14H2,1-2H3,(H,23,26)/t15-/m0/s1. The van der Waals surface area contributed by atoms with Crippen molar-refractivity contribution in [3.05, 3.63) is 71.4 Å². The molecule has 4 rings (SSSR count). The lowest BCUT2D eigenvalue weighted by atomic mass is 10.0. The summed E-state index contributed by atoms with van der Waals surface area (Å²) in [6.45, 7) is 1.95. The van der Waals surface area contributed by atoms with Gasteiger partial charge >= 0.3 is 0 Å². The Morgan fingerprint density at radius 3 is 2.59 bits per heavy atom. The molecule has 1 N–H and O–H groups in total. The van der Waals surface area contributed by atoms with Crippen LogP contribution in [-0.4, -0.2) is 30.1 Å². The van der Waals surface area contributed by atoms with Gasteiger partial charge in [0.1, 0.15) is 0 Å². The zero-order chi connectivity index (χ0) is 20.6. The number of aromatic nitrogens is 2. The number of amides is 1. The van der Waals surface area contributed by atoms with Crippen molar-refractivity contribution >= 4 is 15.7 Å². The Bertz CT molecular complexity index is 1170. The molecule has 0 fully saturated rings. The number of carbonyl (C=O) groups excluding carboxylic acids is 1. The predicted octanol–water partition coefficient (Wildman–Crippen LogP) is 3.13. The molecule has 7 heteroatoms. The third kappa shape index (κ3) is 3.70. The van der Waals surface area contributed by atoms with Crippen molar-refractivity contribution in [1.82, 2.24) is 15.1 Å². The van der Waals surface area contributed by atoms with E-state index in [4.69, 9.17) is 0 Å². The summed E-state index contributed by atoms with van der Waals surface area (Å²) in [4.78, 5) is 13.2. The molecule has 0 bridgehead atoms. The van der Waals surface area contributed by atoms with Crippen LogP contribution >= 0.6 is 0 Å². The molecule has 6 nitrogen and oxygen atoms in total. The SMILES string of the molecule is C[C@@H](CCc1ccccc1)NC(=O)c1nn(C)c2c1CS(=O)(=O)c1ccccc1-2. The van der Waals surface area contributed by atoms with E-state index < -0.39 is 9.84 Å². The zero-order valence-electron chi connectivity index (χ0n) is 16.4. The van der Waals surface area contributed by atoms with Crippen LogP contribution in [-0.2, 0) is 29.1 Å². The molecule has 0 unspecified atom stereocenters. The number of hydrogen-bond acceptors (Lipinski definition) is 4. The molecule has 1 aromatic heterocycles. The van der Waals surface area contributed by atoms with Crippen molar-refractivity contribution in [3.63, 3.8) is 0 Å². The average molecular weight is 410 g/mol. The minimum Gasteiger partial charge on any atom is -0.348 e. The largest absolute Gasteiger partial charge is 0.348 e. The molecule has 150 valence electrons. The van der Waals surface area contributed by atoms with E-state index >= 15 is 0 Å². The van der Waals surface area contributed by atoms with Gasteiger partial charge in [0.15, 0.2) is 15.5 Å². The average Bonchev–Trinajstić information content (AvgIpc) is 3.03. The molecule has 1 aliphatic heterocycles. The van der Waals surface area contributed by atoms with Gasteiger partial charge in [-0.15, -0.1) is 0 Å². The van der Waals surface area contributed by atoms with Crippen molar-refractivity contribution in [2.75, 3.05) is 0 Å². The summed E-state index contributed by atoms with van der Waals surface area (Å²) in [5.41, 5.74) is 3.16. The Labute approximate surface area is 170 Å². The molecule has 29 heavy (non-hydrogen) atoms. The highest BCUT2D eigenvalue weighted by atomic mass is 32.2. The molecule has 0 saturated heterocycles. The molecule has 1 atom stereocenters. The fourth-order valence-corrected chi connectivity index (χ4v) is 5.41. The number of nitrogens with one attached hydrogen (secondary N) is 1. The number of fused-ring (bicyclic) bond motifs is 3. The van der Waals surface area contributed by atoms with Gasteiger partial charge in [-0.25, -0.2) is 8.42 Å². The Hall–Kier alpha value is -2.93. The molecule has 0 spiro atoms. The Kier molecular flexibility index (Phi) is 5.00. The van der Waals surface area contributed by atoms with Gasteiger partial charge in [0.25, 0.3) is 5.91 Å². The number of benzene rings is 2. The molecular weight excluding hydrogens is 386 g/mol. The number of carbonyl (C=O) groups is 1. The number of nitrogens with zero attached hydrogens (tertiary/aromatic N) is 2. The van der Waals surface area contributed by atoms with Crippen molar-refractivity contribution in [1.29, 1.82) is 0 Å². The van der Waals surface area contributed by atoms with E-state index in [0.29, 0.717) is 21.7 Å². The Morgan fingerprint density at radius 1 is 1.14 bits per heavy atom. The first-order valence-corrected chi connectivity index (χ1v) is 11.2. The smallest absolute Gasteiger partial charge is 0.272 e. The summed E-state index contributed by atoms with van der Waals surface area (Å²) in [5.74, 6) is -0.550. The van der Waals surface area contributed by atoms with Gasteiger partial charge < -0.3 is 5.32 Å². The highest BCUT2D eigenvalue weighted by Crippen LogP contribution is 2.38. The van der Waals surface area contributed by atoms with Crippen LogP contribution in [0.2, 0.25) is 0 Å². The summed E-state index contributed by atoms with van der Waals surface area (Å²) in [5, 5.41) is 7.34. The van der Waals surface area contributed by atoms with Crippen LogP contribution < -0.4 is 5.32 Å². The molecule has 2 aromatic carbocycles. The number of hydrogen-bond donors (Lipinski definition) is 1. The van der Waals surface area contributed by atoms with Crippen molar-refractivity contribution in [3.8, 4) is 11.3 Å². The number of aryl methyl sites for hydroxylation is 2. The van der Waals surface area contributed by atoms with Gasteiger partial charge in [0.2, 0.25) is 0 Å². The summed E-state index contributed by atoms with van der Waals surface area (Å²) in [6, 6.07) is 16.9. The van der Waals surface area contributed by atoms with Gasteiger partial charge in [-0.2, -0.15) is 5.10 Å². The van der Waals surface area contributed by atoms with E-state index in [1.165, 1.54) is 5.56 Å². The van der Waals surface area contributed by atoms with E-state index in [0.717, 1.165) is 12.8 Å². The highest BCUT2D eigenvalue weighted by Gasteiger charge is 2.34. The van der Waals surface area contributed by atoms with Crippen molar-refractivity contribution in [2.24, 2.45) is 7.05 Å². The van der Waals surface area contributed by atoms with Crippen LogP contribution in [0.3, 0.4) is 0 Å². The molecule has 2 heterocycles. The number of sulfone groups is 1. The summed E-state index contributed by atoms with van der Waals surface area (Å²) >= 11 is 0. The summed E-state index contributed by atoms with van der Waals surface area (Å²) in [6.07, 6.45) is 1.64. The molecule has 0 radical (unpaired) electrons. The monoisotopic (exact) mass is 409 g/mol. The van der Waals surface area contributed by atoms with Crippen LogP contribution in [0.1, 0.15) is 35.0 Å². The van der Waals surface area contributed by atoms with Crippen LogP contribution in [0, 0.1) is 0 Å². The molecule has 1 aliphatic rings. The lowest BCUT2D eigenvalue weighted by Gasteiger charge is -2.18. The predicted molar refractivity (Wildman–Crippen MR) is 111 cm³/mol. The van der Waals surface area contributed by atoms with E-state index in [9.17, 15) is 13.2 Å². The van der Waals surface area contributed by atoms with Gasteiger partial charge in [0, 0.05) is 24.2 Å². The van der Waals surface area contributed by atoms with E-state index in [-0.39, 0.29) is 23.4 Å². The van der Waals surface area contributed by atoms with Gasteiger partial charge in [-0.05, 0) is 31.4 Å². The first kappa shape index (κ1) is 19.4. The Morgan fingerprint density at radius 2 is 1.83 bits per heavy atom. The summed E-state index contributed by atoms with van der Waals surface area (Å²) in [7, 11) is -1.77. The van der Waals surface area contributed by atoms with Gasteiger partial charge in [-0.3, -0.25) is 9.48 Å². The maximum Gasteiger partial charge on any atom is 0.272 e. The van der Waals surface area contributed by atoms with E-state index in [1.807, 2.05) is 25.1 Å². The number of rotatable bonds is 5. The zero-order valence-corrected chi connectivity index (χ0v) is 17.2. The molecule has 1 amide bonds. The maximum absolute atomic E-state index is 12.9. The van der Waals surface area contributed by atoms with Crippen molar-refractivity contribution in [2.45, 2.75) is 36.5 Å². The lowest BCUT2D eigenvalue weighted by Crippen LogP contribution is -2.34. The van der Waals surface area contributed by atoms with Crippen LogP contribution in [0.15, 0.2) is 59.5 Å². The second-order valence-corrected chi connectivity index (χ2v) is 9.41. The minimum atomic E-state index is -3.51. The Balaban J connectivity index is 1.57. The fraction of sp³-hybridized carbons (Fsp3) is 0.273. The van der Waals surface area contributed by atoms with Crippen LogP contribution in [0.25, 0.3) is 11.3 Å². The summed E-state index contributed by atoms with van der Waals surface area (Å²) < 4.78 is 27.1. The minimum absolute atomic E-state index is 0.0622. The van der Waals surface area contributed by atoms with Gasteiger partial charge in [-0.1, -0.05) is 48.5 Å². The third-order valence-corrected chi connectivity index (χ3v) is 6.95. The lowest BCUT2D eigenvalue weighted by molar-refractivity contribution is 0.0932. The second-order valence-electron chi connectivity index (χ2n) is 7.45. The van der Waals surface area contributed by atoms with Crippen molar-refractivity contribution < 1.29 is 13.2 Å². The van der Waals surface area contributed by atoms with E-state index in [1.54, 1.807) is 36.0 Å². The highest BCUT2D eigenvalue weighted by molar-refractivity contribution is 7.90. The van der Waals surface area contributed by atoms with Crippen LogP contribution in [0.5, 0.6) is 0 Å². The van der Waals surface area contributed by atoms with E-state index in [2.05, 4.69) is 22.5 Å². The quantitative estimate of drug-likeness (QED) is 0.702. The molecule has 3 aromatic rings. The first-order chi connectivity index (χ1) is 13.9. The molecule has 0 aliphatic carbocycles. The third-order valence-electron chi connectivity index (χ3n) is 5.26. The maximum atomic E-state index is 12.9. The molecule has 0 saturated carbocycles. The fourth-order valence-electron chi connectivity index (χ4n) is 3.82. The topological polar surface area (TPSA) is 81.1 Å². The molecular formula is C22H23N3O3S. The first-order valence-electron chi connectivity index (χ1n) is 9.59.